The van der Waals surface area contributed by atoms with Crippen molar-refractivity contribution in [2.24, 2.45) is 4.36 Å². The summed E-state index contributed by atoms with van der Waals surface area (Å²) in [6, 6.07) is 0. The van der Waals surface area contributed by atoms with E-state index >= 15 is 0 Å². The summed E-state index contributed by atoms with van der Waals surface area (Å²) in [7, 11) is -2.49. The zero-order valence-corrected chi connectivity index (χ0v) is 16.3. The number of morpholine rings is 1. The van der Waals surface area contributed by atoms with Crippen molar-refractivity contribution in [3.63, 3.8) is 0 Å². The van der Waals surface area contributed by atoms with Crippen LogP contribution in [-0.2, 0) is 30.6 Å². The second-order valence-corrected chi connectivity index (χ2v) is 10.2. The Morgan fingerprint density at radius 2 is 2.11 bits per heavy atom. The third kappa shape index (κ3) is 3.64. The molecule has 2 saturated heterocycles. The zero-order chi connectivity index (χ0) is 19.1. The third-order valence-electron chi connectivity index (χ3n) is 5.76. The molecule has 3 aliphatic rings. The second-order valence-electron chi connectivity index (χ2n) is 7.66. The van der Waals surface area contributed by atoms with Crippen molar-refractivity contribution >= 4 is 21.5 Å². The van der Waals surface area contributed by atoms with E-state index in [0.29, 0.717) is 44.0 Å². The average Bonchev–Trinajstić information content (AvgIpc) is 3.12. The van der Waals surface area contributed by atoms with Crippen molar-refractivity contribution in [2.45, 2.75) is 50.7 Å². The molecule has 1 aromatic rings. The number of carbonyl (C=O) groups is 2. The lowest BCUT2D eigenvalue weighted by molar-refractivity contribution is -0.154. The van der Waals surface area contributed by atoms with E-state index in [9.17, 15) is 13.8 Å². The van der Waals surface area contributed by atoms with Gasteiger partial charge in [0, 0.05) is 38.1 Å². The minimum absolute atomic E-state index is 0.0753. The van der Waals surface area contributed by atoms with Crippen LogP contribution < -0.4 is 0 Å². The standard InChI is InChI=1S/C17H25N5O4S/c1-13(23)20-27(25)9-4-17(5-10-27)11-21(7-8-26-17)16(24)14-3-2-6-22-12-18-19-15(14)22/h12,14H,2-11H2,1H3. The molecule has 0 bridgehead atoms. The monoisotopic (exact) mass is 395 g/mol. The van der Waals surface area contributed by atoms with Crippen molar-refractivity contribution in [1.82, 2.24) is 19.7 Å². The molecular weight excluding hydrogens is 370 g/mol. The maximum Gasteiger partial charge on any atom is 0.250 e. The normalized spacial score (nSPS) is 33.5. The molecule has 2 fully saturated rings. The van der Waals surface area contributed by atoms with Crippen molar-refractivity contribution < 1.29 is 18.5 Å². The highest BCUT2D eigenvalue weighted by molar-refractivity contribution is 7.93. The SMILES string of the molecule is CC(=O)N=S1(=O)CCC2(CC1)CN(C(=O)C1CCCn3cnnc31)CCO2. The lowest BCUT2D eigenvalue weighted by Crippen LogP contribution is -2.57. The van der Waals surface area contributed by atoms with Crippen LogP contribution in [0.25, 0.3) is 0 Å². The Labute approximate surface area is 158 Å². The lowest BCUT2D eigenvalue weighted by Gasteiger charge is -2.46. The Balaban J connectivity index is 1.47. The first-order valence-electron chi connectivity index (χ1n) is 9.43. The highest BCUT2D eigenvalue weighted by Gasteiger charge is 2.44. The van der Waals surface area contributed by atoms with Gasteiger partial charge in [-0.15, -0.1) is 10.2 Å². The van der Waals surface area contributed by atoms with Gasteiger partial charge in [-0.25, -0.2) is 4.21 Å². The third-order valence-corrected chi connectivity index (χ3v) is 8.03. The molecule has 1 aromatic heterocycles. The molecule has 27 heavy (non-hydrogen) atoms. The fourth-order valence-electron chi connectivity index (χ4n) is 4.33. The van der Waals surface area contributed by atoms with Crippen LogP contribution in [0.4, 0.5) is 0 Å². The van der Waals surface area contributed by atoms with E-state index < -0.39 is 21.2 Å². The van der Waals surface area contributed by atoms with E-state index in [1.54, 1.807) is 6.33 Å². The maximum atomic E-state index is 13.2. The summed E-state index contributed by atoms with van der Waals surface area (Å²) in [5.74, 6) is 0.861. The molecule has 0 N–H and O–H groups in total. The van der Waals surface area contributed by atoms with Crippen LogP contribution in [0.2, 0.25) is 0 Å². The van der Waals surface area contributed by atoms with E-state index in [2.05, 4.69) is 14.6 Å². The van der Waals surface area contributed by atoms with E-state index in [1.807, 2.05) is 9.47 Å². The van der Waals surface area contributed by atoms with Gasteiger partial charge in [0.2, 0.25) is 5.91 Å². The summed E-state index contributed by atoms with van der Waals surface area (Å²) >= 11 is 0. The molecule has 1 atom stereocenters. The van der Waals surface area contributed by atoms with Gasteiger partial charge in [0.15, 0.2) is 0 Å². The second kappa shape index (κ2) is 6.97. The number of hydrogen-bond donors (Lipinski definition) is 0. The summed E-state index contributed by atoms with van der Waals surface area (Å²) in [5.41, 5.74) is -0.483. The molecule has 4 rings (SSSR count). The fourth-order valence-corrected chi connectivity index (χ4v) is 6.57. The Morgan fingerprint density at radius 3 is 2.85 bits per heavy atom. The summed E-state index contributed by atoms with van der Waals surface area (Å²) in [4.78, 5) is 26.3. The van der Waals surface area contributed by atoms with E-state index in [-0.39, 0.29) is 11.8 Å². The summed E-state index contributed by atoms with van der Waals surface area (Å²) in [6.45, 7) is 3.70. The number of nitrogens with zero attached hydrogens (tertiary/aromatic N) is 5. The predicted octanol–water partition coefficient (Wildman–Crippen LogP) is 0.561. The van der Waals surface area contributed by atoms with Gasteiger partial charge in [-0.2, -0.15) is 4.36 Å². The lowest BCUT2D eigenvalue weighted by atomic mass is 9.92. The smallest absolute Gasteiger partial charge is 0.250 e. The molecule has 10 heteroatoms. The Morgan fingerprint density at radius 1 is 1.33 bits per heavy atom. The predicted molar refractivity (Wildman–Crippen MR) is 97.5 cm³/mol. The Hall–Kier alpha value is -1.81. The first-order chi connectivity index (χ1) is 12.9. The molecular formula is C17H25N5O4S. The van der Waals surface area contributed by atoms with Gasteiger partial charge in [-0.3, -0.25) is 9.59 Å². The van der Waals surface area contributed by atoms with E-state index in [1.165, 1.54) is 6.92 Å². The van der Waals surface area contributed by atoms with Crippen LogP contribution in [0.1, 0.15) is 44.3 Å². The van der Waals surface area contributed by atoms with Gasteiger partial charge >= 0.3 is 0 Å². The van der Waals surface area contributed by atoms with Gasteiger partial charge in [0.25, 0.3) is 5.91 Å². The van der Waals surface area contributed by atoms with E-state index in [4.69, 9.17) is 4.74 Å². The molecule has 1 unspecified atom stereocenters. The molecule has 1 spiro atoms. The van der Waals surface area contributed by atoms with Crippen molar-refractivity contribution in [1.29, 1.82) is 0 Å². The molecule has 0 aliphatic carbocycles. The van der Waals surface area contributed by atoms with Crippen LogP contribution in [0.3, 0.4) is 0 Å². The highest BCUT2D eigenvalue weighted by atomic mass is 32.2. The quantitative estimate of drug-likeness (QED) is 0.688. The number of hydrogen-bond acceptors (Lipinski definition) is 6. The first-order valence-corrected chi connectivity index (χ1v) is 11.3. The largest absolute Gasteiger partial charge is 0.371 e. The molecule has 148 valence electrons. The zero-order valence-electron chi connectivity index (χ0n) is 15.5. The number of ether oxygens (including phenoxy) is 1. The number of amides is 2. The van der Waals surface area contributed by atoms with Gasteiger partial charge in [0.1, 0.15) is 12.2 Å². The number of carbonyl (C=O) groups excluding carboxylic acids is 2. The summed E-state index contributed by atoms with van der Waals surface area (Å²) < 4.78 is 24.5. The fraction of sp³-hybridized carbons (Fsp3) is 0.765. The number of rotatable bonds is 1. The van der Waals surface area contributed by atoms with Crippen LogP contribution in [0, 0.1) is 0 Å². The molecule has 0 radical (unpaired) electrons. The van der Waals surface area contributed by atoms with Crippen molar-refractivity contribution in [2.75, 3.05) is 31.2 Å². The van der Waals surface area contributed by atoms with Gasteiger partial charge in [-0.1, -0.05) is 0 Å². The molecule has 0 aromatic carbocycles. The number of fused-ring (bicyclic) bond motifs is 1. The van der Waals surface area contributed by atoms with Crippen LogP contribution in [-0.4, -0.2) is 72.5 Å². The minimum atomic E-state index is -2.49. The maximum absolute atomic E-state index is 13.2. The molecule has 0 saturated carbocycles. The van der Waals surface area contributed by atoms with Crippen LogP contribution >= 0.6 is 0 Å². The molecule has 2 amide bonds. The van der Waals surface area contributed by atoms with Crippen molar-refractivity contribution in [3.05, 3.63) is 12.2 Å². The molecule has 4 heterocycles. The summed E-state index contributed by atoms with van der Waals surface area (Å²) in [6.07, 6.45) is 4.51. The first kappa shape index (κ1) is 18.5. The highest BCUT2D eigenvalue weighted by Crippen LogP contribution is 2.34. The Bertz CT molecular complexity index is 858. The minimum Gasteiger partial charge on any atom is -0.371 e. The van der Waals surface area contributed by atoms with Gasteiger partial charge in [-0.05, 0) is 25.7 Å². The van der Waals surface area contributed by atoms with Gasteiger partial charge < -0.3 is 14.2 Å². The number of aryl methyl sites for hydroxylation is 1. The van der Waals surface area contributed by atoms with Gasteiger partial charge in [0.05, 0.1) is 27.9 Å². The Kier molecular flexibility index (Phi) is 4.79. The number of aromatic nitrogens is 3. The van der Waals surface area contributed by atoms with E-state index in [0.717, 1.165) is 25.2 Å². The molecule has 9 nitrogen and oxygen atoms in total. The van der Waals surface area contributed by atoms with Crippen molar-refractivity contribution in [3.8, 4) is 0 Å². The van der Waals surface area contributed by atoms with Crippen LogP contribution in [0.5, 0.6) is 0 Å². The van der Waals surface area contributed by atoms with Crippen LogP contribution in [0.15, 0.2) is 10.7 Å². The topological polar surface area (TPSA) is 107 Å². The summed E-state index contributed by atoms with van der Waals surface area (Å²) in [5, 5.41) is 8.11. The molecule has 3 aliphatic heterocycles. The average molecular weight is 395 g/mol.